The molecule has 0 aromatic rings. The van der Waals surface area contributed by atoms with E-state index in [1.165, 1.54) is 0 Å². The van der Waals surface area contributed by atoms with Crippen LogP contribution in [0, 0.1) is 0 Å². The first kappa shape index (κ1) is 4.84. The van der Waals surface area contributed by atoms with Crippen molar-refractivity contribution in [3.63, 3.8) is 0 Å². The molecule has 0 aromatic carbocycles. The molecule has 0 amide bonds. The fourth-order valence-corrected chi connectivity index (χ4v) is 1.37. The minimum absolute atomic E-state index is 0.866. The standard InChI is InChI=1S/C4H8N2S/c5-3-1-7-2-4(3)6/h1-2,5-6H2. The largest absolute Gasteiger partial charge is 0.400 e. The van der Waals surface area contributed by atoms with E-state index in [1.807, 2.05) is 0 Å². The molecule has 0 spiro atoms. The second-order valence-electron chi connectivity index (χ2n) is 1.54. The Bertz CT molecular complexity index is 96.3. The Morgan fingerprint density at radius 1 is 1.14 bits per heavy atom. The highest BCUT2D eigenvalue weighted by Gasteiger charge is 2.06. The zero-order chi connectivity index (χ0) is 5.28. The van der Waals surface area contributed by atoms with E-state index in [9.17, 15) is 0 Å². The topological polar surface area (TPSA) is 52.0 Å². The van der Waals surface area contributed by atoms with Crippen LogP contribution in [-0.2, 0) is 0 Å². The highest BCUT2D eigenvalue weighted by Crippen LogP contribution is 2.16. The van der Waals surface area contributed by atoms with Crippen molar-refractivity contribution in [2.24, 2.45) is 11.5 Å². The molecule has 0 atom stereocenters. The smallest absolute Gasteiger partial charge is 0.0381 e. The lowest BCUT2D eigenvalue weighted by molar-refractivity contribution is 1.21. The van der Waals surface area contributed by atoms with E-state index in [1.54, 1.807) is 11.8 Å². The Morgan fingerprint density at radius 2 is 1.57 bits per heavy atom. The van der Waals surface area contributed by atoms with Gasteiger partial charge in [0.25, 0.3) is 0 Å². The van der Waals surface area contributed by atoms with E-state index in [0.29, 0.717) is 0 Å². The van der Waals surface area contributed by atoms with Gasteiger partial charge in [0.05, 0.1) is 0 Å². The average Bonchev–Trinajstić information content (AvgIpc) is 1.91. The summed E-state index contributed by atoms with van der Waals surface area (Å²) in [6, 6.07) is 0. The predicted octanol–water partition coefficient (Wildman–Crippen LogP) is -0.138. The molecule has 1 aliphatic heterocycles. The third kappa shape index (κ3) is 0.825. The molecule has 0 bridgehead atoms. The molecule has 2 nitrogen and oxygen atoms in total. The monoisotopic (exact) mass is 116 g/mol. The fraction of sp³-hybridized carbons (Fsp3) is 0.500. The first-order valence-corrected chi connectivity index (χ1v) is 3.27. The van der Waals surface area contributed by atoms with E-state index in [-0.39, 0.29) is 0 Å². The Labute approximate surface area is 46.9 Å². The lowest BCUT2D eigenvalue weighted by atomic mass is 10.4. The summed E-state index contributed by atoms with van der Waals surface area (Å²) in [5, 5.41) is 0. The molecular weight excluding hydrogens is 108 g/mol. The summed E-state index contributed by atoms with van der Waals surface area (Å²) in [5.41, 5.74) is 12.6. The van der Waals surface area contributed by atoms with Crippen LogP contribution < -0.4 is 11.5 Å². The van der Waals surface area contributed by atoms with Gasteiger partial charge >= 0.3 is 0 Å². The van der Waals surface area contributed by atoms with Gasteiger partial charge in [-0.2, -0.15) is 0 Å². The normalized spacial score (nSPS) is 21.1. The molecule has 3 heteroatoms. The van der Waals surface area contributed by atoms with Gasteiger partial charge in [-0.25, -0.2) is 0 Å². The van der Waals surface area contributed by atoms with Gasteiger partial charge in [-0.3, -0.25) is 0 Å². The Kier molecular flexibility index (Phi) is 1.15. The first-order chi connectivity index (χ1) is 3.30. The van der Waals surface area contributed by atoms with Crippen molar-refractivity contribution in [3.8, 4) is 0 Å². The molecule has 1 heterocycles. The third-order valence-electron chi connectivity index (χ3n) is 0.928. The van der Waals surface area contributed by atoms with E-state index < -0.39 is 0 Å². The fourth-order valence-electron chi connectivity index (χ4n) is 0.456. The molecule has 40 valence electrons. The van der Waals surface area contributed by atoms with Gasteiger partial charge < -0.3 is 11.5 Å². The van der Waals surface area contributed by atoms with Crippen LogP contribution in [0.3, 0.4) is 0 Å². The van der Waals surface area contributed by atoms with Gasteiger partial charge in [-0.05, 0) is 0 Å². The second-order valence-corrected chi connectivity index (χ2v) is 2.53. The zero-order valence-electron chi connectivity index (χ0n) is 3.98. The first-order valence-electron chi connectivity index (χ1n) is 2.11. The van der Waals surface area contributed by atoms with Crippen LogP contribution in [0.25, 0.3) is 0 Å². The highest BCUT2D eigenvalue weighted by atomic mass is 32.2. The van der Waals surface area contributed by atoms with Gasteiger partial charge in [-0.15, -0.1) is 11.8 Å². The number of rotatable bonds is 0. The minimum Gasteiger partial charge on any atom is -0.400 e. The van der Waals surface area contributed by atoms with E-state index >= 15 is 0 Å². The van der Waals surface area contributed by atoms with E-state index in [0.717, 1.165) is 22.9 Å². The molecule has 0 aromatic heterocycles. The molecule has 0 saturated carbocycles. The van der Waals surface area contributed by atoms with Crippen LogP contribution in [0.1, 0.15) is 0 Å². The van der Waals surface area contributed by atoms with Gasteiger partial charge in [0.15, 0.2) is 0 Å². The number of hydrogen-bond donors (Lipinski definition) is 2. The van der Waals surface area contributed by atoms with Crippen molar-refractivity contribution >= 4 is 11.8 Å². The van der Waals surface area contributed by atoms with Gasteiger partial charge in [-0.1, -0.05) is 0 Å². The third-order valence-corrected chi connectivity index (χ3v) is 1.96. The maximum absolute atomic E-state index is 5.41. The molecule has 7 heavy (non-hydrogen) atoms. The lowest BCUT2D eigenvalue weighted by Crippen LogP contribution is -2.06. The van der Waals surface area contributed by atoms with Gasteiger partial charge in [0.1, 0.15) is 0 Å². The summed E-state index contributed by atoms with van der Waals surface area (Å²) in [5.74, 6) is 1.84. The van der Waals surface area contributed by atoms with Crippen molar-refractivity contribution in [3.05, 3.63) is 11.4 Å². The SMILES string of the molecule is NC1=C(N)CSC1. The van der Waals surface area contributed by atoms with Crippen LogP contribution in [0.5, 0.6) is 0 Å². The Balaban J connectivity index is 2.64. The molecule has 4 N–H and O–H groups in total. The van der Waals surface area contributed by atoms with Crippen molar-refractivity contribution in [2.45, 2.75) is 0 Å². The summed E-state index contributed by atoms with van der Waals surface area (Å²) < 4.78 is 0. The molecule has 0 saturated heterocycles. The van der Waals surface area contributed by atoms with E-state index in [2.05, 4.69) is 0 Å². The van der Waals surface area contributed by atoms with Crippen molar-refractivity contribution in [1.82, 2.24) is 0 Å². The van der Waals surface area contributed by atoms with Crippen LogP contribution in [0.15, 0.2) is 11.4 Å². The maximum atomic E-state index is 5.41. The van der Waals surface area contributed by atoms with Crippen molar-refractivity contribution in [2.75, 3.05) is 11.5 Å². The summed E-state index contributed by atoms with van der Waals surface area (Å²) in [6.07, 6.45) is 0. The molecule has 0 unspecified atom stereocenters. The predicted molar refractivity (Wildman–Crippen MR) is 32.7 cm³/mol. The maximum Gasteiger partial charge on any atom is 0.0381 e. The summed E-state index contributed by atoms with van der Waals surface area (Å²) in [4.78, 5) is 0. The second kappa shape index (κ2) is 1.66. The molecule has 1 rings (SSSR count). The molecule has 0 fully saturated rings. The summed E-state index contributed by atoms with van der Waals surface area (Å²) in [6.45, 7) is 0. The Hall–Kier alpha value is -0.310. The lowest BCUT2D eigenvalue weighted by Gasteiger charge is -1.87. The van der Waals surface area contributed by atoms with Crippen LogP contribution in [0.2, 0.25) is 0 Å². The molecular formula is C4H8N2S. The van der Waals surface area contributed by atoms with E-state index in [4.69, 9.17) is 11.5 Å². The van der Waals surface area contributed by atoms with Gasteiger partial charge in [0.2, 0.25) is 0 Å². The molecule has 1 aliphatic rings. The van der Waals surface area contributed by atoms with Crippen LogP contribution >= 0.6 is 11.8 Å². The Morgan fingerprint density at radius 3 is 1.71 bits per heavy atom. The zero-order valence-corrected chi connectivity index (χ0v) is 4.79. The quantitative estimate of drug-likeness (QED) is 0.463. The summed E-state index contributed by atoms with van der Waals surface area (Å²) >= 11 is 1.77. The van der Waals surface area contributed by atoms with Crippen LogP contribution in [0.4, 0.5) is 0 Å². The number of thioether (sulfide) groups is 1. The summed E-state index contributed by atoms with van der Waals surface area (Å²) in [7, 11) is 0. The van der Waals surface area contributed by atoms with Gasteiger partial charge in [0, 0.05) is 22.9 Å². The van der Waals surface area contributed by atoms with Crippen molar-refractivity contribution < 1.29 is 0 Å². The van der Waals surface area contributed by atoms with Crippen LogP contribution in [-0.4, -0.2) is 11.5 Å². The number of nitrogens with two attached hydrogens (primary N) is 2. The molecule has 0 radical (unpaired) electrons. The van der Waals surface area contributed by atoms with Crippen molar-refractivity contribution in [1.29, 1.82) is 0 Å². The number of hydrogen-bond acceptors (Lipinski definition) is 3. The minimum atomic E-state index is 0.866. The average molecular weight is 116 g/mol. The highest BCUT2D eigenvalue weighted by molar-refractivity contribution is 7.99. The molecule has 0 aliphatic carbocycles.